The number of nitrogens with one attached hydrogen (secondary N) is 3. The van der Waals surface area contributed by atoms with Crippen LogP contribution in [-0.4, -0.2) is 77.7 Å². The highest BCUT2D eigenvalue weighted by Crippen LogP contribution is 2.21. The second kappa shape index (κ2) is 10.9. The third-order valence-corrected chi connectivity index (χ3v) is 6.32. The normalized spacial score (nSPS) is 31.1. The Morgan fingerprint density at radius 3 is 2.25 bits per heavy atom. The first-order chi connectivity index (χ1) is 15.3. The molecule has 0 aromatic carbocycles. The molecule has 3 N–H and O–H groups in total. The van der Waals surface area contributed by atoms with Crippen molar-refractivity contribution < 1.29 is 28.7 Å². The average molecular weight is 451 g/mol. The Morgan fingerprint density at radius 1 is 0.938 bits per heavy atom. The van der Waals surface area contributed by atoms with Crippen LogP contribution in [0.5, 0.6) is 0 Å². The Bertz CT molecular complexity index is 753. The zero-order valence-electron chi connectivity index (χ0n) is 18.9. The maximum absolute atomic E-state index is 13.3. The van der Waals surface area contributed by atoms with Crippen LogP contribution in [0.4, 0.5) is 0 Å². The summed E-state index contributed by atoms with van der Waals surface area (Å²) in [5, 5.41) is 8.04. The van der Waals surface area contributed by atoms with Crippen molar-refractivity contribution >= 4 is 29.4 Å². The zero-order valence-corrected chi connectivity index (χ0v) is 18.9. The lowest BCUT2D eigenvalue weighted by Crippen LogP contribution is -2.60. The van der Waals surface area contributed by atoms with E-state index in [1.807, 2.05) is 0 Å². The summed E-state index contributed by atoms with van der Waals surface area (Å²) in [4.78, 5) is 64.1. The molecular formula is C22H34N4O6. The quantitative estimate of drug-likeness (QED) is 0.346. The third kappa shape index (κ3) is 6.27. The molecule has 178 valence electrons. The molecule has 0 aromatic rings. The molecule has 0 unspecified atom stereocenters. The molecule has 0 aliphatic carbocycles. The molecule has 3 fully saturated rings. The minimum Gasteiger partial charge on any atom is -0.365 e. The van der Waals surface area contributed by atoms with Gasteiger partial charge in [-0.15, -0.1) is 0 Å². The summed E-state index contributed by atoms with van der Waals surface area (Å²) >= 11 is 0. The Hall–Kier alpha value is -2.49. The summed E-state index contributed by atoms with van der Waals surface area (Å²) in [6.07, 6.45) is 5.12. The van der Waals surface area contributed by atoms with Gasteiger partial charge >= 0.3 is 0 Å². The van der Waals surface area contributed by atoms with Gasteiger partial charge in [0.05, 0.1) is 6.61 Å². The summed E-state index contributed by atoms with van der Waals surface area (Å²) in [5.74, 6) is -1.33. The van der Waals surface area contributed by atoms with Crippen LogP contribution in [-0.2, 0) is 28.7 Å². The number of rotatable bonds is 8. The second-order valence-electron chi connectivity index (χ2n) is 8.95. The Labute approximate surface area is 188 Å². The van der Waals surface area contributed by atoms with E-state index in [0.717, 1.165) is 19.3 Å². The smallest absolute Gasteiger partial charge is 0.245 e. The molecule has 10 nitrogen and oxygen atoms in total. The van der Waals surface area contributed by atoms with Crippen LogP contribution in [0.15, 0.2) is 0 Å². The highest BCUT2D eigenvalue weighted by molar-refractivity contribution is 5.97. The minimum atomic E-state index is -0.832. The number of epoxide rings is 1. The number of unbranched alkanes of at least 4 members (excludes halogenated alkanes) is 3. The van der Waals surface area contributed by atoms with Crippen molar-refractivity contribution in [3.05, 3.63) is 0 Å². The van der Waals surface area contributed by atoms with Crippen molar-refractivity contribution in [2.45, 2.75) is 95.5 Å². The van der Waals surface area contributed by atoms with Crippen molar-refractivity contribution in [2.24, 2.45) is 0 Å². The van der Waals surface area contributed by atoms with Gasteiger partial charge in [-0.2, -0.15) is 0 Å². The number of ether oxygens (including phenoxy) is 1. The van der Waals surface area contributed by atoms with Crippen LogP contribution in [0, 0.1) is 0 Å². The topological polar surface area (TPSA) is 137 Å². The van der Waals surface area contributed by atoms with E-state index in [1.54, 1.807) is 13.8 Å². The molecule has 3 rings (SSSR count). The molecule has 3 heterocycles. The van der Waals surface area contributed by atoms with Crippen molar-refractivity contribution in [3.63, 3.8) is 0 Å². The molecule has 10 heteroatoms. The number of hydrogen-bond donors (Lipinski definition) is 3. The van der Waals surface area contributed by atoms with Gasteiger partial charge in [-0.25, -0.2) is 0 Å². The monoisotopic (exact) mass is 450 g/mol. The lowest BCUT2D eigenvalue weighted by atomic mass is 10.0. The van der Waals surface area contributed by atoms with Gasteiger partial charge in [0.25, 0.3) is 0 Å². The average Bonchev–Trinajstić information content (AvgIpc) is 3.49. The van der Waals surface area contributed by atoms with Crippen molar-refractivity contribution in [1.29, 1.82) is 0 Å². The van der Waals surface area contributed by atoms with Gasteiger partial charge in [0.15, 0.2) is 5.78 Å². The number of nitrogens with zero attached hydrogens (tertiary/aromatic N) is 1. The highest BCUT2D eigenvalue weighted by Gasteiger charge is 2.39. The first kappa shape index (κ1) is 24.2. The van der Waals surface area contributed by atoms with E-state index in [0.29, 0.717) is 45.3 Å². The first-order valence-corrected chi connectivity index (χ1v) is 11.6. The number of Topliss-reactive ketones (excluding diaryl/α,β-unsaturated/α-hetero) is 1. The first-order valence-electron chi connectivity index (χ1n) is 11.6. The molecule has 0 saturated carbocycles. The number of ketones is 1. The fraction of sp³-hybridized carbons (Fsp3) is 0.773. The molecular weight excluding hydrogens is 416 g/mol. The van der Waals surface area contributed by atoms with Gasteiger partial charge in [0.1, 0.15) is 30.3 Å². The Balaban J connectivity index is 1.60. The van der Waals surface area contributed by atoms with Crippen molar-refractivity contribution in [2.75, 3.05) is 13.2 Å². The van der Waals surface area contributed by atoms with E-state index in [2.05, 4.69) is 16.0 Å². The summed E-state index contributed by atoms with van der Waals surface area (Å²) in [6, 6.07) is -3.02. The Kier molecular flexibility index (Phi) is 8.22. The van der Waals surface area contributed by atoms with Gasteiger partial charge in [-0.1, -0.05) is 19.3 Å². The SMILES string of the molecule is C[C@H]1NC(=O)[C@H]2CCCN2C(=O)[C@H](CCCCCCC(=O)[C@@H]2CO2)NC(=O)[C@@H](C)NC1=O. The summed E-state index contributed by atoms with van der Waals surface area (Å²) in [6.45, 7) is 4.09. The summed E-state index contributed by atoms with van der Waals surface area (Å²) in [7, 11) is 0. The van der Waals surface area contributed by atoms with Crippen LogP contribution in [0.2, 0.25) is 0 Å². The lowest BCUT2D eigenvalue weighted by Gasteiger charge is -2.31. The molecule has 3 saturated heterocycles. The molecule has 5 atom stereocenters. The standard InChI is InChI=1S/C22H34N4O6/c1-13-19(28)23-14(2)20(29)25-15(8-5-3-4-6-10-17(27)18-12-32-18)22(31)26-11-7-9-16(26)21(30)24-13/h13-16,18H,3-12H2,1-2H3,(H,23,28)(H,24,30)(H,25,29)/t13-,14-,15+,16-,18+/m1/s1. The number of carbonyl (C=O) groups excluding carboxylic acids is 5. The zero-order chi connectivity index (χ0) is 23.3. The van der Waals surface area contributed by atoms with E-state index in [1.165, 1.54) is 4.90 Å². The minimum absolute atomic E-state index is 0.149. The van der Waals surface area contributed by atoms with Crippen molar-refractivity contribution in [1.82, 2.24) is 20.9 Å². The highest BCUT2D eigenvalue weighted by atomic mass is 16.6. The number of carbonyl (C=O) groups is 5. The van der Waals surface area contributed by atoms with E-state index in [-0.39, 0.29) is 23.7 Å². The predicted molar refractivity (Wildman–Crippen MR) is 114 cm³/mol. The largest absolute Gasteiger partial charge is 0.365 e. The van der Waals surface area contributed by atoms with Gasteiger partial charge in [0.2, 0.25) is 23.6 Å². The summed E-state index contributed by atoms with van der Waals surface area (Å²) in [5.41, 5.74) is 0. The van der Waals surface area contributed by atoms with Gasteiger partial charge in [-0.05, 0) is 39.5 Å². The second-order valence-corrected chi connectivity index (χ2v) is 8.95. The van der Waals surface area contributed by atoms with Gasteiger partial charge in [0, 0.05) is 13.0 Å². The lowest BCUT2D eigenvalue weighted by molar-refractivity contribution is -0.143. The molecule has 0 spiro atoms. The van der Waals surface area contributed by atoms with Crippen LogP contribution in [0.1, 0.15) is 65.2 Å². The van der Waals surface area contributed by atoms with E-state index in [9.17, 15) is 24.0 Å². The molecule has 3 aliphatic heterocycles. The molecule has 4 amide bonds. The van der Waals surface area contributed by atoms with Crippen LogP contribution in [0.25, 0.3) is 0 Å². The van der Waals surface area contributed by atoms with Crippen LogP contribution < -0.4 is 16.0 Å². The molecule has 0 radical (unpaired) electrons. The van der Waals surface area contributed by atoms with Crippen molar-refractivity contribution in [3.8, 4) is 0 Å². The predicted octanol–water partition coefficient (Wildman–Crippen LogP) is -0.206. The molecule has 3 aliphatic rings. The fourth-order valence-corrected chi connectivity index (χ4v) is 4.23. The van der Waals surface area contributed by atoms with Gasteiger partial charge in [-0.3, -0.25) is 24.0 Å². The van der Waals surface area contributed by atoms with Gasteiger partial charge < -0.3 is 25.6 Å². The fourth-order valence-electron chi connectivity index (χ4n) is 4.23. The molecule has 0 aromatic heterocycles. The molecule has 32 heavy (non-hydrogen) atoms. The molecule has 0 bridgehead atoms. The van der Waals surface area contributed by atoms with E-state index in [4.69, 9.17) is 4.74 Å². The summed E-state index contributed by atoms with van der Waals surface area (Å²) < 4.78 is 4.98. The third-order valence-electron chi connectivity index (χ3n) is 6.32. The number of fused-ring (bicyclic) bond motifs is 1. The Morgan fingerprint density at radius 2 is 1.56 bits per heavy atom. The maximum Gasteiger partial charge on any atom is 0.245 e. The van der Waals surface area contributed by atoms with E-state index >= 15 is 0 Å². The van der Waals surface area contributed by atoms with Crippen LogP contribution >= 0.6 is 0 Å². The number of hydrogen-bond acceptors (Lipinski definition) is 6. The van der Waals surface area contributed by atoms with E-state index < -0.39 is 36.0 Å². The van der Waals surface area contributed by atoms with Crippen LogP contribution in [0.3, 0.4) is 0 Å². The number of amides is 4. The maximum atomic E-state index is 13.3.